The van der Waals surface area contributed by atoms with E-state index in [1.165, 1.54) is 20.4 Å². The highest BCUT2D eigenvalue weighted by atomic mass is 127. The molecule has 1 N–H and O–H groups in total. The highest BCUT2D eigenvalue weighted by Gasteiger charge is 2.24. The van der Waals surface area contributed by atoms with E-state index in [4.69, 9.17) is 9.47 Å². The number of amides is 1. The Balaban J connectivity index is 2.56. The van der Waals surface area contributed by atoms with Gasteiger partial charge in [0.2, 0.25) is 0 Å². The van der Waals surface area contributed by atoms with Crippen molar-refractivity contribution in [3.05, 3.63) is 19.4 Å². The van der Waals surface area contributed by atoms with Gasteiger partial charge in [0, 0.05) is 4.88 Å². The van der Waals surface area contributed by atoms with Crippen molar-refractivity contribution in [1.82, 2.24) is 5.32 Å². The summed E-state index contributed by atoms with van der Waals surface area (Å²) in [6, 6.07) is 1.46. The van der Waals surface area contributed by atoms with Crippen molar-refractivity contribution >= 4 is 46.0 Å². The minimum atomic E-state index is -0.686. The van der Waals surface area contributed by atoms with Crippen molar-refractivity contribution < 1.29 is 19.1 Å². The van der Waals surface area contributed by atoms with Crippen LogP contribution in [-0.2, 0) is 20.7 Å². The van der Waals surface area contributed by atoms with E-state index in [1.807, 2.05) is 0 Å². The molecule has 7 heteroatoms. The van der Waals surface area contributed by atoms with Crippen LogP contribution >= 0.6 is 33.9 Å². The van der Waals surface area contributed by atoms with E-state index in [0.29, 0.717) is 6.42 Å². The summed E-state index contributed by atoms with van der Waals surface area (Å²) in [5.41, 5.74) is 0.671. The lowest BCUT2D eigenvalue weighted by molar-refractivity contribution is -0.143. The van der Waals surface area contributed by atoms with E-state index in [0.717, 1.165) is 12.8 Å². The van der Waals surface area contributed by atoms with Crippen LogP contribution in [-0.4, -0.2) is 30.8 Å². The molecule has 130 valence electrons. The zero-order valence-corrected chi connectivity index (χ0v) is 17.2. The molecule has 0 aromatic carbocycles. The quantitative estimate of drug-likeness (QED) is 0.522. The molecule has 0 aliphatic rings. The molecule has 1 rings (SSSR count). The fourth-order valence-electron chi connectivity index (χ4n) is 2.03. The van der Waals surface area contributed by atoms with Crippen molar-refractivity contribution in [3.8, 4) is 0 Å². The van der Waals surface area contributed by atoms with Crippen LogP contribution in [0.3, 0.4) is 0 Å². The van der Waals surface area contributed by atoms with Crippen LogP contribution in [0, 0.1) is 9.81 Å². The number of rotatable bonds is 6. The number of thiophene rings is 1. The Morgan fingerprint density at radius 1 is 1.39 bits per heavy atom. The van der Waals surface area contributed by atoms with Crippen molar-refractivity contribution in [2.75, 3.05) is 7.11 Å². The molecular weight excluding hydrogens is 429 g/mol. The van der Waals surface area contributed by atoms with Gasteiger partial charge in [-0.25, -0.2) is 9.59 Å². The number of ether oxygens (including phenoxy) is 2. The summed E-state index contributed by atoms with van der Waals surface area (Å²) in [6.45, 7) is 7.42. The molecule has 0 saturated heterocycles. The molecule has 0 radical (unpaired) electrons. The normalized spacial score (nSPS) is 12.6. The average molecular weight is 453 g/mol. The molecule has 5 nitrogen and oxygen atoms in total. The summed E-state index contributed by atoms with van der Waals surface area (Å²) >= 11 is 4.07. The van der Waals surface area contributed by atoms with E-state index < -0.39 is 23.7 Å². The largest absolute Gasteiger partial charge is 0.467 e. The monoisotopic (exact) mass is 453 g/mol. The zero-order valence-electron chi connectivity index (χ0n) is 14.2. The van der Waals surface area contributed by atoms with E-state index in [2.05, 4.69) is 40.9 Å². The number of hydrogen-bond acceptors (Lipinski definition) is 5. The predicted molar refractivity (Wildman–Crippen MR) is 99.9 cm³/mol. The van der Waals surface area contributed by atoms with Gasteiger partial charge in [-0.1, -0.05) is 0 Å². The third-order valence-electron chi connectivity index (χ3n) is 3.06. The molecule has 0 aliphatic carbocycles. The highest BCUT2D eigenvalue weighted by Crippen LogP contribution is 2.25. The van der Waals surface area contributed by atoms with Gasteiger partial charge in [-0.3, -0.25) is 0 Å². The van der Waals surface area contributed by atoms with Gasteiger partial charge in [0.05, 0.1) is 9.99 Å². The average Bonchev–Trinajstić information content (AvgIpc) is 2.73. The molecule has 23 heavy (non-hydrogen) atoms. The second-order valence-electron chi connectivity index (χ2n) is 6.27. The molecule has 1 aromatic heterocycles. The van der Waals surface area contributed by atoms with Crippen LogP contribution in [0.15, 0.2) is 6.07 Å². The Morgan fingerprint density at radius 3 is 2.52 bits per heavy atom. The number of aryl methyl sites for hydroxylation is 2. The third kappa shape index (κ3) is 7.52. The molecule has 0 spiro atoms. The van der Waals surface area contributed by atoms with Gasteiger partial charge in [0.15, 0.2) is 0 Å². The maximum Gasteiger partial charge on any atom is 0.408 e. The first-order chi connectivity index (χ1) is 10.6. The summed E-state index contributed by atoms with van der Waals surface area (Å²) in [4.78, 5) is 25.0. The topological polar surface area (TPSA) is 64.6 Å². The Kier molecular flexibility index (Phi) is 7.79. The second-order valence-corrected chi connectivity index (χ2v) is 9.30. The number of alkyl carbamates (subject to hydrolysis) is 1. The Labute approximate surface area is 155 Å². The summed E-state index contributed by atoms with van der Waals surface area (Å²) in [5.74, 6) is -0.451. The van der Waals surface area contributed by atoms with Crippen LogP contribution in [0.5, 0.6) is 0 Å². The summed E-state index contributed by atoms with van der Waals surface area (Å²) in [6.07, 6.45) is 1.57. The van der Waals surface area contributed by atoms with E-state index >= 15 is 0 Å². The van der Waals surface area contributed by atoms with Crippen LogP contribution in [0.25, 0.3) is 0 Å². The number of nitrogens with one attached hydrogen (secondary N) is 1. The first kappa shape index (κ1) is 20.2. The van der Waals surface area contributed by atoms with E-state index in [9.17, 15) is 9.59 Å². The van der Waals surface area contributed by atoms with Crippen molar-refractivity contribution in [1.29, 1.82) is 0 Å². The highest BCUT2D eigenvalue weighted by molar-refractivity contribution is 14.1. The third-order valence-corrected chi connectivity index (χ3v) is 5.12. The Hall–Kier alpha value is -0.830. The van der Waals surface area contributed by atoms with Crippen LogP contribution in [0.4, 0.5) is 4.79 Å². The van der Waals surface area contributed by atoms with Gasteiger partial charge >= 0.3 is 12.1 Å². The van der Waals surface area contributed by atoms with Gasteiger partial charge in [-0.2, -0.15) is 0 Å². The summed E-state index contributed by atoms with van der Waals surface area (Å²) in [7, 11) is 1.32. The minimum absolute atomic E-state index is 0.451. The lowest BCUT2D eigenvalue weighted by atomic mass is 10.1. The number of halogens is 1. The van der Waals surface area contributed by atoms with E-state index in [-0.39, 0.29) is 0 Å². The number of carbonyl (C=O) groups is 2. The van der Waals surface area contributed by atoms with E-state index in [1.54, 1.807) is 32.1 Å². The van der Waals surface area contributed by atoms with Crippen molar-refractivity contribution in [3.63, 3.8) is 0 Å². The molecular formula is C16H24INO4S. The second kappa shape index (κ2) is 8.86. The van der Waals surface area contributed by atoms with Gasteiger partial charge in [-0.15, -0.1) is 11.3 Å². The Morgan fingerprint density at radius 2 is 2.04 bits per heavy atom. The van der Waals surface area contributed by atoms with Gasteiger partial charge in [-0.05, 0) is 81.2 Å². The smallest absolute Gasteiger partial charge is 0.408 e. The van der Waals surface area contributed by atoms with Crippen LogP contribution < -0.4 is 5.32 Å². The van der Waals surface area contributed by atoms with Crippen LogP contribution in [0.1, 0.15) is 44.1 Å². The maximum absolute atomic E-state index is 11.8. The SMILES string of the molecule is COC(=O)[C@H](CCCc1sc(I)cc1C)NC(=O)OC(C)(C)C. The number of esters is 1. The minimum Gasteiger partial charge on any atom is -0.467 e. The first-order valence-electron chi connectivity index (χ1n) is 7.44. The van der Waals surface area contributed by atoms with Gasteiger partial charge in [0.1, 0.15) is 11.6 Å². The number of carbonyl (C=O) groups excluding carboxylic acids is 2. The molecule has 1 aromatic rings. The molecule has 0 aliphatic heterocycles. The molecule has 0 saturated carbocycles. The lowest BCUT2D eigenvalue weighted by Gasteiger charge is -2.22. The molecule has 0 fully saturated rings. The van der Waals surface area contributed by atoms with Crippen molar-refractivity contribution in [2.45, 2.75) is 58.6 Å². The molecule has 0 unspecified atom stereocenters. The van der Waals surface area contributed by atoms with Crippen LogP contribution in [0.2, 0.25) is 0 Å². The van der Waals surface area contributed by atoms with Gasteiger partial charge in [0.25, 0.3) is 0 Å². The molecule has 1 heterocycles. The molecule has 1 atom stereocenters. The van der Waals surface area contributed by atoms with Gasteiger partial charge < -0.3 is 14.8 Å². The molecule has 0 bridgehead atoms. The standard InChI is InChI=1S/C16H24INO4S/c1-10-9-13(17)23-12(10)8-6-7-11(14(19)21-5)18-15(20)22-16(2,3)4/h9,11H,6-8H2,1-5H3,(H,18,20)/t11-/m0/s1. The van der Waals surface area contributed by atoms with Crippen molar-refractivity contribution in [2.24, 2.45) is 0 Å². The lowest BCUT2D eigenvalue weighted by Crippen LogP contribution is -2.44. The Bertz CT molecular complexity index is 551. The zero-order chi connectivity index (χ0) is 17.6. The molecule has 1 amide bonds. The maximum atomic E-state index is 11.8. The number of methoxy groups -OCH3 is 1. The fourth-order valence-corrected chi connectivity index (χ4v) is 4.24. The first-order valence-corrected chi connectivity index (χ1v) is 9.34. The predicted octanol–water partition coefficient (Wildman–Crippen LogP) is 4.05. The fraction of sp³-hybridized carbons (Fsp3) is 0.625. The summed E-state index contributed by atoms with van der Waals surface area (Å²) in [5, 5.41) is 2.60. The summed E-state index contributed by atoms with van der Waals surface area (Å²) < 4.78 is 11.2. The number of hydrogen-bond donors (Lipinski definition) is 1.